The van der Waals surface area contributed by atoms with Crippen molar-refractivity contribution in [2.45, 2.75) is 13.5 Å². The number of hydrogen-bond donors (Lipinski definition) is 2. The zero-order chi connectivity index (χ0) is 11.5. The highest BCUT2D eigenvalue weighted by Crippen LogP contribution is 2.14. The summed E-state index contributed by atoms with van der Waals surface area (Å²) in [5, 5.41) is 8.76. The molecule has 0 fully saturated rings. The lowest BCUT2D eigenvalue weighted by atomic mass is 10.2. The molecule has 2 heterocycles. The standard InChI is InChI=1S/C11H12N2O3/c1-8-9(6-10(16-8)11(14)15)7-12-13-4-2-3-5-13/h2-6,12H,7H2,1H3,(H,14,15). The summed E-state index contributed by atoms with van der Waals surface area (Å²) in [5.74, 6) is -0.450. The first-order valence-corrected chi connectivity index (χ1v) is 4.86. The Bertz CT molecular complexity index is 485. The molecule has 0 saturated carbocycles. The van der Waals surface area contributed by atoms with E-state index in [9.17, 15) is 4.79 Å². The van der Waals surface area contributed by atoms with Gasteiger partial charge in [0.1, 0.15) is 5.76 Å². The molecule has 84 valence electrons. The van der Waals surface area contributed by atoms with E-state index in [0.29, 0.717) is 12.3 Å². The first-order chi connectivity index (χ1) is 7.66. The number of aryl methyl sites for hydroxylation is 1. The molecule has 16 heavy (non-hydrogen) atoms. The van der Waals surface area contributed by atoms with E-state index in [2.05, 4.69) is 5.43 Å². The van der Waals surface area contributed by atoms with Crippen LogP contribution in [0.15, 0.2) is 35.0 Å². The largest absolute Gasteiger partial charge is 0.475 e. The third kappa shape index (κ3) is 2.08. The lowest BCUT2D eigenvalue weighted by Gasteiger charge is -2.05. The summed E-state index contributed by atoms with van der Waals surface area (Å²) in [6.07, 6.45) is 3.74. The van der Waals surface area contributed by atoms with Gasteiger partial charge in [0.2, 0.25) is 5.76 Å². The van der Waals surface area contributed by atoms with Gasteiger partial charge in [0.05, 0.1) is 6.54 Å². The van der Waals surface area contributed by atoms with Crippen LogP contribution >= 0.6 is 0 Å². The van der Waals surface area contributed by atoms with Crippen LogP contribution in [-0.4, -0.2) is 15.8 Å². The molecule has 0 atom stereocenters. The van der Waals surface area contributed by atoms with Crippen LogP contribution in [0.25, 0.3) is 0 Å². The molecular formula is C11H12N2O3. The van der Waals surface area contributed by atoms with E-state index in [1.165, 1.54) is 6.07 Å². The van der Waals surface area contributed by atoms with E-state index in [1.807, 2.05) is 24.5 Å². The van der Waals surface area contributed by atoms with Gasteiger partial charge >= 0.3 is 5.97 Å². The normalized spacial score (nSPS) is 10.3. The summed E-state index contributed by atoms with van der Waals surface area (Å²) in [6, 6.07) is 5.34. The lowest BCUT2D eigenvalue weighted by Crippen LogP contribution is -2.11. The van der Waals surface area contributed by atoms with E-state index in [1.54, 1.807) is 11.6 Å². The Labute approximate surface area is 92.3 Å². The molecule has 0 spiro atoms. The monoisotopic (exact) mass is 220 g/mol. The Kier molecular flexibility index (Phi) is 2.68. The maximum Gasteiger partial charge on any atom is 0.371 e. The minimum atomic E-state index is -1.05. The van der Waals surface area contributed by atoms with E-state index in [4.69, 9.17) is 9.52 Å². The van der Waals surface area contributed by atoms with Crippen LogP contribution in [-0.2, 0) is 6.54 Å². The summed E-state index contributed by atoms with van der Waals surface area (Å²) >= 11 is 0. The van der Waals surface area contributed by atoms with Gasteiger partial charge in [-0.2, -0.15) is 0 Å². The van der Waals surface area contributed by atoms with Gasteiger partial charge in [-0.3, -0.25) is 4.68 Å². The Morgan fingerprint density at radius 3 is 2.75 bits per heavy atom. The van der Waals surface area contributed by atoms with Gasteiger partial charge in [-0.25, -0.2) is 4.79 Å². The number of nitrogens with one attached hydrogen (secondary N) is 1. The van der Waals surface area contributed by atoms with Gasteiger partial charge in [-0.15, -0.1) is 0 Å². The quantitative estimate of drug-likeness (QED) is 0.824. The first-order valence-electron chi connectivity index (χ1n) is 4.86. The maximum atomic E-state index is 10.7. The molecule has 0 saturated heterocycles. The number of carboxylic acid groups (broad SMARTS) is 1. The molecule has 0 aromatic carbocycles. The number of carbonyl (C=O) groups is 1. The third-order valence-corrected chi connectivity index (χ3v) is 2.29. The van der Waals surface area contributed by atoms with Crippen LogP contribution < -0.4 is 5.43 Å². The molecule has 0 aliphatic heterocycles. The van der Waals surface area contributed by atoms with Crippen LogP contribution in [0, 0.1) is 6.92 Å². The fraction of sp³-hybridized carbons (Fsp3) is 0.182. The average molecular weight is 220 g/mol. The molecular weight excluding hydrogens is 208 g/mol. The predicted molar refractivity (Wildman–Crippen MR) is 57.9 cm³/mol. The fourth-order valence-corrected chi connectivity index (χ4v) is 1.42. The SMILES string of the molecule is Cc1oc(C(=O)O)cc1CNn1cccc1. The van der Waals surface area contributed by atoms with E-state index in [0.717, 1.165) is 5.56 Å². The van der Waals surface area contributed by atoms with Crippen molar-refractivity contribution in [3.63, 3.8) is 0 Å². The van der Waals surface area contributed by atoms with Crippen LogP contribution in [0.5, 0.6) is 0 Å². The second-order valence-electron chi connectivity index (χ2n) is 3.42. The lowest BCUT2D eigenvalue weighted by molar-refractivity contribution is 0.0661. The number of hydrogen-bond acceptors (Lipinski definition) is 3. The summed E-state index contributed by atoms with van der Waals surface area (Å²) in [4.78, 5) is 10.7. The van der Waals surface area contributed by atoms with E-state index >= 15 is 0 Å². The van der Waals surface area contributed by atoms with Gasteiger partial charge in [-0.1, -0.05) is 0 Å². The molecule has 2 aromatic heterocycles. The average Bonchev–Trinajstić information content (AvgIpc) is 2.84. The third-order valence-electron chi connectivity index (χ3n) is 2.29. The Balaban J connectivity index is 2.07. The summed E-state index contributed by atoms with van der Waals surface area (Å²) in [6.45, 7) is 2.27. The minimum Gasteiger partial charge on any atom is -0.475 e. The highest BCUT2D eigenvalue weighted by molar-refractivity contribution is 5.84. The van der Waals surface area contributed by atoms with Gasteiger partial charge in [0.15, 0.2) is 0 Å². The van der Waals surface area contributed by atoms with Crippen molar-refractivity contribution in [2.24, 2.45) is 0 Å². The van der Waals surface area contributed by atoms with Gasteiger partial charge < -0.3 is 14.9 Å². The van der Waals surface area contributed by atoms with Crippen molar-refractivity contribution >= 4 is 5.97 Å². The highest BCUT2D eigenvalue weighted by Gasteiger charge is 2.12. The van der Waals surface area contributed by atoms with Crippen molar-refractivity contribution in [3.8, 4) is 0 Å². The van der Waals surface area contributed by atoms with Crippen LogP contribution in [0.1, 0.15) is 21.9 Å². The van der Waals surface area contributed by atoms with E-state index in [-0.39, 0.29) is 5.76 Å². The fourth-order valence-electron chi connectivity index (χ4n) is 1.42. The highest BCUT2D eigenvalue weighted by atomic mass is 16.4. The Hall–Kier alpha value is -2.17. The second-order valence-corrected chi connectivity index (χ2v) is 3.42. The Morgan fingerprint density at radius 2 is 2.19 bits per heavy atom. The number of aromatic carboxylic acids is 1. The smallest absolute Gasteiger partial charge is 0.371 e. The summed E-state index contributed by atoms with van der Waals surface area (Å²) in [5.41, 5.74) is 3.94. The predicted octanol–water partition coefficient (Wildman–Crippen LogP) is 1.83. The Morgan fingerprint density at radius 1 is 1.50 bits per heavy atom. The zero-order valence-electron chi connectivity index (χ0n) is 8.80. The molecule has 0 amide bonds. The van der Waals surface area contributed by atoms with Crippen LogP contribution in [0.2, 0.25) is 0 Å². The first kappa shape index (κ1) is 10.4. The molecule has 0 unspecified atom stereocenters. The molecule has 5 heteroatoms. The van der Waals surface area contributed by atoms with Gasteiger partial charge in [0, 0.05) is 18.0 Å². The van der Waals surface area contributed by atoms with Gasteiger partial charge in [0.25, 0.3) is 0 Å². The van der Waals surface area contributed by atoms with Crippen molar-refractivity contribution in [2.75, 3.05) is 5.43 Å². The van der Waals surface area contributed by atoms with Crippen molar-refractivity contribution in [3.05, 3.63) is 47.7 Å². The molecule has 2 aromatic rings. The molecule has 0 aliphatic carbocycles. The number of carboxylic acids is 1. The van der Waals surface area contributed by atoms with Crippen molar-refractivity contribution in [1.82, 2.24) is 4.68 Å². The number of aromatic nitrogens is 1. The van der Waals surface area contributed by atoms with Crippen LogP contribution in [0.3, 0.4) is 0 Å². The summed E-state index contributed by atoms with van der Waals surface area (Å²) < 4.78 is 6.90. The molecule has 0 radical (unpaired) electrons. The maximum absolute atomic E-state index is 10.7. The van der Waals surface area contributed by atoms with Gasteiger partial charge in [-0.05, 0) is 25.1 Å². The molecule has 2 N–H and O–H groups in total. The second kappa shape index (κ2) is 4.14. The summed E-state index contributed by atoms with van der Waals surface area (Å²) in [7, 11) is 0. The molecule has 2 rings (SSSR count). The number of nitrogens with zero attached hydrogens (tertiary/aromatic N) is 1. The van der Waals surface area contributed by atoms with Crippen molar-refractivity contribution < 1.29 is 14.3 Å². The topological polar surface area (TPSA) is 67.4 Å². The zero-order valence-corrected chi connectivity index (χ0v) is 8.80. The van der Waals surface area contributed by atoms with Crippen LogP contribution in [0.4, 0.5) is 0 Å². The molecule has 0 aliphatic rings. The molecule has 5 nitrogen and oxygen atoms in total. The molecule has 0 bridgehead atoms. The number of furan rings is 1. The van der Waals surface area contributed by atoms with E-state index < -0.39 is 5.97 Å². The van der Waals surface area contributed by atoms with Crippen molar-refractivity contribution in [1.29, 1.82) is 0 Å². The minimum absolute atomic E-state index is 0.0261. The number of rotatable bonds is 4.